The molecular formula is C18H17ClN4O2. The number of carboxylic acids is 1. The lowest BCUT2D eigenvalue weighted by molar-refractivity contribution is -0.142. The lowest BCUT2D eigenvalue weighted by atomic mass is 9.97. The summed E-state index contributed by atoms with van der Waals surface area (Å²) in [7, 11) is 0. The molecule has 0 aliphatic carbocycles. The molecule has 0 spiro atoms. The molecule has 6 nitrogen and oxygen atoms in total. The highest BCUT2D eigenvalue weighted by Crippen LogP contribution is 2.31. The zero-order valence-electron chi connectivity index (χ0n) is 13.5. The van der Waals surface area contributed by atoms with E-state index in [1.807, 2.05) is 36.5 Å². The highest BCUT2D eigenvalue weighted by molar-refractivity contribution is 6.33. The smallest absolute Gasteiger partial charge is 0.306 e. The van der Waals surface area contributed by atoms with Crippen molar-refractivity contribution in [2.24, 2.45) is 5.92 Å². The van der Waals surface area contributed by atoms with Gasteiger partial charge < -0.3 is 10.0 Å². The second kappa shape index (κ2) is 6.37. The van der Waals surface area contributed by atoms with Crippen molar-refractivity contribution in [1.29, 1.82) is 0 Å². The van der Waals surface area contributed by atoms with E-state index in [0.717, 1.165) is 22.6 Å². The molecule has 3 aromatic rings. The van der Waals surface area contributed by atoms with E-state index in [1.165, 1.54) is 0 Å². The van der Waals surface area contributed by atoms with Gasteiger partial charge in [-0.15, -0.1) is 0 Å². The summed E-state index contributed by atoms with van der Waals surface area (Å²) in [5.41, 5.74) is 2.56. The van der Waals surface area contributed by atoms with Gasteiger partial charge in [-0.3, -0.25) is 4.79 Å². The van der Waals surface area contributed by atoms with Crippen molar-refractivity contribution in [3.05, 3.63) is 47.7 Å². The Balaban J connectivity index is 1.69. The van der Waals surface area contributed by atoms with Crippen LogP contribution in [-0.2, 0) is 4.79 Å². The van der Waals surface area contributed by atoms with E-state index >= 15 is 0 Å². The number of rotatable bonds is 3. The Morgan fingerprint density at radius 2 is 2.00 bits per heavy atom. The molecule has 0 atom stereocenters. The number of fused-ring (bicyclic) bond motifs is 1. The van der Waals surface area contributed by atoms with Crippen LogP contribution in [0.4, 0.5) is 5.82 Å². The Morgan fingerprint density at radius 3 is 2.72 bits per heavy atom. The van der Waals surface area contributed by atoms with Crippen molar-refractivity contribution in [2.75, 3.05) is 18.0 Å². The monoisotopic (exact) mass is 356 g/mol. The average Bonchev–Trinajstić information content (AvgIpc) is 3.06. The molecule has 1 fully saturated rings. The predicted octanol–water partition coefficient (Wildman–Crippen LogP) is 3.35. The first-order chi connectivity index (χ1) is 12.1. The van der Waals surface area contributed by atoms with Gasteiger partial charge in [0.25, 0.3) is 0 Å². The van der Waals surface area contributed by atoms with Crippen LogP contribution in [0.2, 0.25) is 5.02 Å². The zero-order valence-corrected chi connectivity index (χ0v) is 14.2. The summed E-state index contributed by atoms with van der Waals surface area (Å²) in [6.07, 6.45) is 4.78. The summed E-state index contributed by atoms with van der Waals surface area (Å²) < 4.78 is 1.80. The van der Waals surface area contributed by atoms with E-state index in [0.29, 0.717) is 31.0 Å². The molecule has 3 heterocycles. The van der Waals surface area contributed by atoms with Crippen molar-refractivity contribution in [3.63, 3.8) is 0 Å². The van der Waals surface area contributed by atoms with Crippen LogP contribution in [0.3, 0.4) is 0 Å². The van der Waals surface area contributed by atoms with Crippen LogP contribution >= 0.6 is 11.6 Å². The third-order valence-electron chi connectivity index (χ3n) is 4.66. The molecule has 4 rings (SSSR count). The number of piperidine rings is 1. The average molecular weight is 357 g/mol. The summed E-state index contributed by atoms with van der Waals surface area (Å²) in [5, 5.41) is 14.4. The van der Waals surface area contributed by atoms with Crippen molar-refractivity contribution in [1.82, 2.24) is 14.6 Å². The number of hydrogen-bond acceptors (Lipinski definition) is 4. The Kier molecular flexibility index (Phi) is 4.05. The maximum Gasteiger partial charge on any atom is 0.306 e. The molecule has 1 saturated heterocycles. The van der Waals surface area contributed by atoms with Gasteiger partial charge in [-0.05, 0) is 25.0 Å². The Hall–Kier alpha value is -2.60. The van der Waals surface area contributed by atoms with Crippen molar-refractivity contribution >= 4 is 28.9 Å². The van der Waals surface area contributed by atoms with Gasteiger partial charge in [0, 0.05) is 31.0 Å². The highest BCUT2D eigenvalue weighted by atomic mass is 35.5. The fourth-order valence-electron chi connectivity index (χ4n) is 3.29. The predicted molar refractivity (Wildman–Crippen MR) is 96.0 cm³/mol. The van der Waals surface area contributed by atoms with Gasteiger partial charge in [0.2, 0.25) is 0 Å². The number of hydrogen-bond donors (Lipinski definition) is 1. The number of nitrogens with zero attached hydrogens (tertiary/aromatic N) is 4. The number of halogens is 1. The van der Waals surface area contributed by atoms with Gasteiger partial charge in [0.15, 0.2) is 5.82 Å². The zero-order chi connectivity index (χ0) is 17.4. The van der Waals surface area contributed by atoms with Crippen LogP contribution in [0.25, 0.3) is 16.8 Å². The number of carbonyl (C=O) groups is 1. The maximum atomic E-state index is 11.1. The maximum absolute atomic E-state index is 11.1. The van der Waals surface area contributed by atoms with E-state index in [4.69, 9.17) is 16.7 Å². The van der Waals surface area contributed by atoms with Gasteiger partial charge in [-0.25, -0.2) is 9.50 Å². The molecule has 1 N–H and O–H groups in total. The molecular weight excluding hydrogens is 340 g/mol. The number of anilines is 1. The van der Waals surface area contributed by atoms with Crippen molar-refractivity contribution in [3.8, 4) is 11.3 Å². The highest BCUT2D eigenvalue weighted by Gasteiger charge is 2.26. The summed E-state index contributed by atoms with van der Waals surface area (Å²) in [4.78, 5) is 17.8. The Morgan fingerprint density at radius 1 is 1.24 bits per heavy atom. The first kappa shape index (κ1) is 15.9. The summed E-state index contributed by atoms with van der Waals surface area (Å²) in [6.45, 7) is 1.35. The molecule has 1 aliphatic rings. The minimum Gasteiger partial charge on any atom is -0.481 e. The molecule has 0 radical (unpaired) electrons. The summed E-state index contributed by atoms with van der Waals surface area (Å²) in [6, 6.07) is 9.58. The Bertz CT molecular complexity index is 932. The van der Waals surface area contributed by atoms with E-state index in [-0.39, 0.29) is 5.92 Å². The SMILES string of the molecule is O=C(O)C1CCN(c2nccn3nc(-c4ccccc4Cl)cc23)CC1. The summed E-state index contributed by atoms with van der Waals surface area (Å²) in [5.74, 6) is -0.145. The largest absolute Gasteiger partial charge is 0.481 e. The van der Waals surface area contributed by atoms with E-state index in [9.17, 15) is 4.79 Å². The van der Waals surface area contributed by atoms with Crippen LogP contribution in [-0.4, -0.2) is 38.8 Å². The van der Waals surface area contributed by atoms with Gasteiger partial charge >= 0.3 is 5.97 Å². The number of aliphatic carboxylic acids is 1. The number of carboxylic acid groups (broad SMARTS) is 1. The normalized spacial score (nSPS) is 15.6. The molecule has 0 saturated carbocycles. The van der Waals surface area contributed by atoms with Crippen molar-refractivity contribution < 1.29 is 9.90 Å². The third kappa shape index (κ3) is 2.93. The molecule has 7 heteroatoms. The number of benzene rings is 1. The van der Waals surface area contributed by atoms with Crippen LogP contribution in [0.5, 0.6) is 0 Å². The minimum atomic E-state index is -0.712. The standard InChI is InChI=1S/C18H17ClN4O2/c19-14-4-2-1-3-13(14)15-11-16-17(20-7-10-23(16)21-15)22-8-5-12(6-9-22)18(24)25/h1-4,7,10-12H,5-6,8-9H2,(H,24,25). The fraction of sp³-hybridized carbons (Fsp3) is 0.278. The van der Waals surface area contributed by atoms with Crippen LogP contribution in [0.1, 0.15) is 12.8 Å². The molecule has 0 amide bonds. The van der Waals surface area contributed by atoms with Crippen molar-refractivity contribution in [2.45, 2.75) is 12.8 Å². The fourth-order valence-corrected chi connectivity index (χ4v) is 3.52. The molecule has 0 unspecified atom stereocenters. The van der Waals surface area contributed by atoms with Gasteiger partial charge in [0.05, 0.1) is 16.6 Å². The topological polar surface area (TPSA) is 70.7 Å². The molecule has 128 valence electrons. The molecule has 0 bridgehead atoms. The van der Waals surface area contributed by atoms with E-state index in [1.54, 1.807) is 10.7 Å². The van der Waals surface area contributed by atoms with Crippen LogP contribution < -0.4 is 4.90 Å². The van der Waals surface area contributed by atoms with Gasteiger partial charge in [-0.2, -0.15) is 5.10 Å². The third-order valence-corrected chi connectivity index (χ3v) is 4.99. The van der Waals surface area contributed by atoms with Gasteiger partial charge in [-0.1, -0.05) is 29.8 Å². The molecule has 1 aliphatic heterocycles. The quantitative estimate of drug-likeness (QED) is 0.779. The van der Waals surface area contributed by atoms with E-state index in [2.05, 4.69) is 15.0 Å². The molecule has 25 heavy (non-hydrogen) atoms. The first-order valence-electron chi connectivity index (χ1n) is 8.20. The number of aromatic nitrogens is 3. The lowest BCUT2D eigenvalue weighted by Gasteiger charge is -2.31. The van der Waals surface area contributed by atoms with Crippen LogP contribution in [0.15, 0.2) is 42.7 Å². The van der Waals surface area contributed by atoms with Crippen LogP contribution in [0, 0.1) is 5.92 Å². The molecule has 1 aromatic carbocycles. The Labute approximate surface area is 149 Å². The minimum absolute atomic E-state index is 0.264. The first-order valence-corrected chi connectivity index (χ1v) is 8.58. The second-order valence-electron chi connectivity index (χ2n) is 6.19. The summed E-state index contributed by atoms with van der Waals surface area (Å²) >= 11 is 6.29. The lowest BCUT2D eigenvalue weighted by Crippen LogP contribution is -2.37. The molecule has 2 aromatic heterocycles. The van der Waals surface area contributed by atoms with E-state index < -0.39 is 5.97 Å². The van der Waals surface area contributed by atoms with Gasteiger partial charge in [0.1, 0.15) is 5.52 Å². The second-order valence-corrected chi connectivity index (χ2v) is 6.60.